The Morgan fingerprint density at radius 3 is 2.34 bits per heavy atom. The summed E-state index contributed by atoms with van der Waals surface area (Å²) < 4.78 is 43.6. The van der Waals surface area contributed by atoms with Gasteiger partial charge < -0.3 is 15.4 Å². The quantitative estimate of drug-likeness (QED) is 0.266. The monoisotopic (exact) mass is 507 g/mol. The van der Waals surface area contributed by atoms with Gasteiger partial charge in [-0.15, -0.1) is 11.3 Å². The van der Waals surface area contributed by atoms with Crippen LogP contribution in [0.2, 0.25) is 0 Å². The van der Waals surface area contributed by atoms with E-state index in [1.165, 1.54) is 31.2 Å². The molecule has 0 fully saturated rings. The summed E-state index contributed by atoms with van der Waals surface area (Å²) in [6.07, 6.45) is -4.61. The standard InChI is InChI=1S/C22H16F3N3O6S/c1-11-16(21(31)34-2)20(27-18(29)12-5-3-8-15(9-12)28(32)33)35-17(11)19(30)26-14-7-4-6-13(10-14)22(23,24)25/h3-10H,1-2H3,(H,26,30)(H,27,29). The number of hydrogen-bond donors (Lipinski definition) is 2. The Hall–Kier alpha value is -4.26. The molecule has 0 radical (unpaired) electrons. The number of nitrogens with one attached hydrogen (secondary N) is 2. The maximum absolute atomic E-state index is 13.0. The summed E-state index contributed by atoms with van der Waals surface area (Å²) in [5.74, 6) is -2.47. The summed E-state index contributed by atoms with van der Waals surface area (Å²) >= 11 is 0.700. The van der Waals surface area contributed by atoms with Crippen molar-refractivity contribution in [1.29, 1.82) is 0 Å². The van der Waals surface area contributed by atoms with E-state index in [0.29, 0.717) is 11.3 Å². The molecule has 182 valence electrons. The number of non-ortho nitro benzene ring substituents is 1. The average molecular weight is 507 g/mol. The number of alkyl halides is 3. The van der Waals surface area contributed by atoms with Gasteiger partial charge in [-0.25, -0.2) is 4.79 Å². The van der Waals surface area contributed by atoms with E-state index in [0.717, 1.165) is 31.4 Å². The number of carbonyl (C=O) groups is 3. The molecule has 2 aromatic carbocycles. The largest absolute Gasteiger partial charge is 0.465 e. The Balaban J connectivity index is 1.93. The summed E-state index contributed by atoms with van der Waals surface area (Å²) in [7, 11) is 1.09. The Labute approximate surface area is 199 Å². The summed E-state index contributed by atoms with van der Waals surface area (Å²) in [6, 6.07) is 8.86. The Morgan fingerprint density at radius 2 is 1.71 bits per heavy atom. The van der Waals surface area contributed by atoms with Crippen LogP contribution in [0.5, 0.6) is 0 Å². The van der Waals surface area contributed by atoms with E-state index in [1.807, 2.05) is 0 Å². The van der Waals surface area contributed by atoms with Crippen molar-refractivity contribution in [2.75, 3.05) is 17.7 Å². The molecular weight excluding hydrogens is 491 g/mol. The number of hydrogen-bond acceptors (Lipinski definition) is 7. The maximum Gasteiger partial charge on any atom is 0.416 e. The number of nitrogens with zero attached hydrogens (tertiary/aromatic N) is 1. The van der Waals surface area contributed by atoms with Crippen LogP contribution < -0.4 is 10.6 Å². The molecule has 2 N–H and O–H groups in total. The number of esters is 1. The van der Waals surface area contributed by atoms with Crippen LogP contribution in [0.25, 0.3) is 0 Å². The lowest BCUT2D eigenvalue weighted by Gasteiger charge is -2.09. The van der Waals surface area contributed by atoms with Gasteiger partial charge in [0, 0.05) is 23.4 Å². The van der Waals surface area contributed by atoms with Crippen LogP contribution in [0, 0.1) is 17.0 Å². The zero-order chi connectivity index (χ0) is 25.9. The lowest BCUT2D eigenvalue weighted by atomic mass is 10.1. The van der Waals surface area contributed by atoms with Gasteiger partial charge in [-0.05, 0) is 36.8 Å². The van der Waals surface area contributed by atoms with Gasteiger partial charge in [-0.3, -0.25) is 19.7 Å². The average Bonchev–Trinajstić information content (AvgIpc) is 3.13. The van der Waals surface area contributed by atoms with E-state index in [-0.39, 0.29) is 37.9 Å². The molecule has 0 saturated heterocycles. The van der Waals surface area contributed by atoms with E-state index in [1.54, 1.807) is 0 Å². The number of amides is 2. The normalized spacial score (nSPS) is 11.0. The number of methoxy groups -OCH3 is 1. The molecule has 0 unspecified atom stereocenters. The molecule has 35 heavy (non-hydrogen) atoms. The van der Waals surface area contributed by atoms with Crippen LogP contribution >= 0.6 is 11.3 Å². The molecule has 0 bridgehead atoms. The van der Waals surface area contributed by atoms with Gasteiger partial charge >= 0.3 is 12.1 Å². The van der Waals surface area contributed by atoms with Crippen molar-refractivity contribution in [2.45, 2.75) is 13.1 Å². The molecular formula is C22H16F3N3O6S. The molecule has 3 rings (SSSR count). The van der Waals surface area contributed by atoms with Gasteiger partial charge in [0.15, 0.2) is 0 Å². The number of carbonyl (C=O) groups excluding carboxylic acids is 3. The minimum Gasteiger partial charge on any atom is -0.465 e. The lowest BCUT2D eigenvalue weighted by molar-refractivity contribution is -0.384. The maximum atomic E-state index is 13.0. The number of rotatable bonds is 6. The van der Waals surface area contributed by atoms with E-state index >= 15 is 0 Å². The molecule has 2 amide bonds. The minimum absolute atomic E-state index is 0.0582. The summed E-state index contributed by atoms with van der Waals surface area (Å²) in [5.41, 5.74) is -1.49. The summed E-state index contributed by atoms with van der Waals surface area (Å²) in [4.78, 5) is 48.1. The third-order valence-electron chi connectivity index (χ3n) is 4.74. The van der Waals surface area contributed by atoms with Crippen LogP contribution in [0.3, 0.4) is 0 Å². The van der Waals surface area contributed by atoms with Crippen molar-refractivity contribution in [2.24, 2.45) is 0 Å². The molecule has 1 heterocycles. The predicted molar refractivity (Wildman–Crippen MR) is 121 cm³/mol. The van der Waals surface area contributed by atoms with Crippen molar-refractivity contribution < 1.29 is 37.2 Å². The number of thiophene rings is 1. The van der Waals surface area contributed by atoms with E-state index in [9.17, 15) is 37.7 Å². The van der Waals surface area contributed by atoms with Crippen molar-refractivity contribution in [3.05, 3.63) is 85.8 Å². The number of anilines is 2. The number of benzene rings is 2. The molecule has 1 aromatic heterocycles. The first-order valence-electron chi connectivity index (χ1n) is 9.68. The van der Waals surface area contributed by atoms with Gasteiger partial charge in [0.1, 0.15) is 5.00 Å². The van der Waals surface area contributed by atoms with Gasteiger partial charge in [0.2, 0.25) is 0 Å². The minimum atomic E-state index is -4.61. The highest BCUT2D eigenvalue weighted by Gasteiger charge is 2.31. The molecule has 13 heteroatoms. The fourth-order valence-corrected chi connectivity index (χ4v) is 4.15. The third kappa shape index (κ3) is 5.63. The van der Waals surface area contributed by atoms with Crippen molar-refractivity contribution in [3.8, 4) is 0 Å². The second-order valence-electron chi connectivity index (χ2n) is 7.05. The van der Waals surface area contributed by atoms with Crippen molar-refractivity contribution in [3.63, 3.8) is 0 Å². The smallest absolute Gasteiger partial charge is 0.416 e. The number of nitro groups is 1. The first-order valence-corrected chi connectivity index (χ1v) is 10.5. The van der Waals surface area contributed by atoms with E-state index in [2.05, 4.69) is 10.6 Å². The predicted octanol–water partition coefficient (Wildman–Crippen LogP) is 5.27. The number of ether oxygens (including phenoxy) is 1. The van der Waals surface area contributed by atoms with Crippen LogP contribution in [0.15, 0.2) is 48.5 Å². The highest BCUT2D eigenvalue weighted by Crippen LogP contribution is 2.35. The topological polar surface area (TPSA) is 128 Å². The first kappa shape index (κ1) is 25.4. The Morgan fingerprint density at radius 1 is 1.03 bits per heavy atom. The van der Waals surface area contributed by atoms with E-state index < -0.39 is 34.4 Å². The van der Waals surface area contributed by atoms with Crippen LogP contribution in [0.1, 0.15) is 41.5 Å². The molecule has 0 saturated carbocycles. The SMILES string of the molecule is COC(=O)c1c(NC(=O)c2cccc([N+](=O)[O-])c2)sc(C(=O)Nc2cccc(C(F)(F)F)c2)c1C. The molecule has 0 spiro atoms. The van der Waals surface area contributed by atoms with Gasteiger partial charge in [0.05, 0.1) is 28.0 Å². The van der Waals surface area contributed by atoms with Crippen LogP contribution in [0.4, 0.5) is 29.5 Å². The molecule has 0 aliphatic carbocycles. The highest BCUT2D eigenvalue weighted by molar-refractivity contribution is 7.19. The fourth-order valence-electron chi connectivity index (χ4n) is 3.06. The van der Waals surface area contributed by atoms with Crippen LogP contribution in [-0.4, -0.2) is 29.8 Å². The van der Waals surface area contributed by atoms with Gasteiger partial charge in [0.25, 0.3) is 17.5 Å². The van der Waals surface area contributed by atoms with Gasteiger partial charge in [-0.2, -0.15) is 13.2 Å². The Kier molecular flexibility index (Phi) is 7.20. The Bertz CT molecular complexity index is 1340. The highest BCUT2D eigenvalue weighted by atomic mass is 32.1. The molecule has 0 aliphatic rings. The molecule has 0 aliphatic heterocycles. The first-order chi connectivity index (χ1) is 16.4. The second kappa shape index (κ2) is 9.93. The van der Waals surface area contributed by atoms with Crippen molar-refractivity contribution >= 4 is 45.5 Å². The summed E-state index contributed by atoms with van der Waals surface area (Å²) in [6.45, 7) is 1.41. The van der Waals surface area contributed by atoms with Crippen LogP contribution in [-0.2, 0) is 10.9 Å². The second-order valence-corrected chi connectivity index (χ2v) is 8.07. The van der Waals surface area contributed by atoms with Crippen molar-refractivity contribution in [1.82, 2.24) is 0 Å². The zero-order valence-corrected chi connectivity index (χ0v) is 18.9. The zero-order valence-electron chi connectivity index (χ0n) is 18.1. The molecule has 0 atom stereocenters. The molecule has 3 aromatic rings. The number of nitro benzene ring substituents is 1. The third-order valence-corrected chi connectivity index (χ3v) is 5.94. The summed E-state index contributed by atoms with van der Waals surface area (Å²) in [5, 5.41) is 15.7. The molecule has 9 nitrogen and oxygen atoms in total. The fraction of sp³-hybridized carbons (Fsp3) is 0.136. The van der Waals surface area contributed by atoms with E-state index in [4.69, 9.17) is 4.74 Å². The van der Waals surface area contributed by atoms with Gasteiger partial charge in [-0.1, -0.05) is 12.1 Å². The number of halogens is 3. The lowest BCUT2D eigenvalue weighted by Crippen LogP contribution is -2.14.